The van der Waals surface area contributed by atoms with Crippen molar-refractivity contribution in [3.63, 3.8) is 0 Å². The van der Waals surface area contributed by atoms with E-state index in [-0.39, 0.29) is 11.8 Å². The van der Waals surface area contributed by atoms with E-state index in [0.29, 0.717) is 42.4 Å². The number of aryl methyl sites for hydroxylation is 2. The van der Waals surface area contributed by atoms with Gasteiger partial charge in [0.2, 0.25) is 0 Å². The molecule has 1 aromatic carbocycles. The summed E-state index contributed by atoms with van der Waals surface area (Å²) in [6, 6.07) is 9.05. The summed E-state index contributed by atoms with van der Waals surface area (Å²) < 4.78 is 16.5. The maximum Gasteiger partial charge on any atom is 0.272 e. The third kappa shape index (κ3) is 4.50. The van der Waals surface area contributed by atoms with E-state index in [1.165, 1.54) is 10.9 Å². The van der Waals surface area contributed by atoms with E-state index in [2.05, 4.69) is 20.7 Å². The van der Waals surface area contributed by atoms with Crippen LogP contribution in [0.1, 0.15) is 48.8 Å². The maximum absolute atomic E-state index is 13.2. The van der Waals surface area contributed by atoms with Crippen molar-refractivity contribution in [3.8, 4) is 0 Å². The van der Waals surface area contributed by atoms with Gasteiger partial charge >= 0.3 is 0 Å². The van der Waals surface area contributed by atoms with Crippen molar-refractivity contribution >= 4 is 23.3 Å². The topological polar surface area (TPSA) is 120 Å². The smallest absolute Gasteiger partial charge is 0.272 e. The van der Waals surface area contributed by atoms with Crippen LogP contribution in [0, 0.1) is 19.7 Å². The Morgan fingerprint density at radius 2 is 2.06 bits per heavy atom. The number of hydrogen-bond donors (Lipinski definition) is 3. The Morgan fingerprint density at radius 1 is 1.23 bits per heavy atom. The van der Waals surface area contributed by atoms with E-state index < -0.39 is 5.82 Å². The number of anilines is 2. The van der Waals surface area contributed by atoms with Crippen molar-refractivity contribution in [1.29, 1.82) is 0 Å². The molecule has 0 saturated carbocycles. The van der Waals surface area contributed by atoms with Gasteiger partial charge in [-0.15, -0.1) is 0 Å². The molecule has 10 heteroatoms. The fourth-order valence-electron chi connectivity index (χ4n) is 4.34. The summed E-state index contributed by atoms with van der Waals surface area (Å²) in [6.45, 7) is 4.89. The molecule has 3 aromatic heterocycles. The molecule has 178 valence electrons. The average molecular weight is 474 g/mol. The molecule has 1 aliphatic rings. The number of amides is 2. The fourth-order valence-corrected chi connectivity index (χ4v) is 4.34. The third-order valence-electron chi connectivity index (χ3n) is 6.10. The first-order valence-corrected chi connectivity index (χ1v) is 11.1. The predicted molar refractivity (Wildman–Crippen MR) is 129 cm³/mol. The third-order valence-corrected chi connectivity index (χ3v) is 6.10. The van der Waals surface area contributed by atoms with E-state index in [1.807, 2.05) is 32.0 Å². The van der Waals surface area contributed by atoms with Crippen molar-refractivity contribution in [2.75, 3.05) is 11.1 Å². The zero-order valence-corrected chi connectivity index (χ0v) is 19.3. The molecule has 0 aliphatic carbocycles. The number of fused-ring (bicyclic) bond motifs is 2. The number of rotatable bonds is 5. The van der Waals surface area contributed by atoms with Crippen molar-refractivity contribution in [1.82, 2.24) is 24.6 Å². The van der Waals surface area contributed by atoms with Crippen LogP contribution in [0.2, 0.25) is 0 Å². The van der Waals surface area contributed by atoms with Crippen LogP contribution in [-0.4, -0.2) is 31.1 Å². The molecule has 4 N–H and O–H groups in total. The van der Waals surface area contributed by atoms with Gasteiger partial charge in [0.15, 0.2) is 5.82 Å². The normalized spacial score (nSPS) is 12.5. The molecule has 0 unspecified atom stereocenters. The SMILES string of the molecule is Cc1cc(N)nc(C)c1CNC(=O)c1cc2n(c1)Cc1ccc(Cn3cc(F)cn3)cc1NC2=O. The van der Waals surface area contributed by atoms with Crippen LogP contribution in [0.5, 0.6) is 0 Å². The Bertz CT molecular complexity index is 1450. The highest BCUT2D eigenvalue weighted by Gasteiger charge is 2.23. The van der Waals surface area contributed by atoms with Gasteiger partial charge in [0, 0.05) is 30.7 Å². The molecular formula is C25H24FN7O2. The predicted octanol–water partition coefficient (Wildman–Crippen LogP) is 3.01. The van der Waals surface area contributed by atoms with Gasteiger partial charge in [-0.3, -0.25) is 14.3 Å². The van der Waals surface area contributed by atoms with Gasteiger partial charge < -0.3 is 20.9 Å². The minimum Gasteiger partial charge on any atom is -0.384 e. The summed E-state index contributed by atoms with van der Waals surface area (Å²) in [4.78, 5) is 30.0. The van der Waals surface area contributed by atoms with E-state index in [0.717, 1.165) is 34.1 Å². The van der Waals surface area contributed by atoms with E-state index in [1.54, 1.807) is 22.9 Å². The number of pyridine rings is 1. The highest BCUT2D eigenvalue weighted by Crippen LogP contribution is 2.26. The Morgan fingerprint density at radius 3 is 2.80 bits per heavy atom. The Hall–Kier alpha value is -4.47. The van der Waals surface area contributed by atoms with Crippen LogP contribution in [0.15, 0.2) is 48.9 Å². The molecule has 0 spiro atoms. The lowest BCUT2D eigenvalue weighted by atomic mass is 10.1. The van der Waals surface area contributed by atoms with Crippen LogP contribution in [0.25, 0.3) is 0 Å². The molecule has 0 saturated heterocycles. The summed E-state index contributed by atoms with van der Waals surface area (Å²) in [7, 11) is 0. The molecule has 35 heavy (non-hydrogen) atoms. The molecular weight excluding hydrogens is 449 g/mol. The molecule has 0 bridgehead atoms. The number of nitrogens with zero attached hydrogens (tertiary/aromatic N) is 4. The Labute approximate surface area is 200 Å². The lowest BCUT2D eigenvalue weighted by Gasteiger charge is -2.11. The number of benzene rings is 1. The van der Waals surface area contributed by atoms with Gasteiger partial charge in [0.05, 0.1) is 24.5 Å². The number of carbonyl (C=O) groups excluding carboxylic acids is 2. The van der Waals surface area contributed by atoms with E-state index >= 15 is 0 Å². The fraction of sp³-hybridized carbons (Fsp3) is 0.200. The molecule has 0 radical (unpaired) electrons. The summed E-state index contributed by atoms with van der Waals surface area (Å²) in [5, 5.41) is 9.79. The molecule has 5 rings (SSSR count). The van der Waals surface area contributed by atoms with Gasteiger partial charge in [-0.05, 0) is 54.3 Å². The first-order chi connectivity index (χ1) is 16.8. The summed E-state index contributed by atoms with van der Waals surface area (Å²) in [5.74, 6) is -0.543. The number of nitrogens with one attached hydrogen (secondary N) is 2. The first-order valence-electron chi connectivity index (χ1n) is 11.1. The highest BCUT2D eigenvalue weighted by molar-refractivity contribution is 6.06. The number of hydrogen-bond acceptors (Lipinski definition) is 5. The minimum atomic E-state index is -0.400. The van der Waals surface area contributed by atoms with Crippen LogP contribution in [-0.2, 0) is 19.6 Å². The zero-order valence-electron chi connectivity index (χ0n) is 19.3. The number of nitrogens with two attached hydrogens (primary N) is 1. The Kier molecular flexibility index (Phi) is 5.56. The number of aromatic nitrogens is 4. The molecule has 4 aromatic rings. The van der Waals surface area contributed by atoms with Gasteiger partial charge in [-0.2, -0.15) is 5.10 Å². The van der Waals surface area contributed by atoms with Gasteiger partial charge in [0.25, 0.3) is 11.8 Å². The Balaban J connectivity index is 1.33. The van der Waals surface area contributed by atoms with Crippen LogP contribution < -0.4 is 16.4 Å². The summed E-state index contributed by atoms with van der Waals surface area (Å²) in [6.07, 6.45) is 4.15. The number of halogens is 1. The van der Waals surface area contributed by atoms with E-state index in [4.69, 9.17) is 5.73 Å². The zero-order chi connectivity index (χ0) is 24.7. The summed E-state index contributed by atoms with van der Waals surface area (Å²) in [5.41, 5.74) is 11.7. The minimum absolute atomic E-state index is 0.281. The first kappa shape index (κ1) is 22.3. The second kappa shape index (κ2) is 8.71. The second-order valence-corrected chi connectivity index (χ2v) is 8.65. The highest BCUT2D eigenvalue weighted by atomic mass is 19.1. The van der Waals surface area contributed by atoms with Gasteiger partial charge in [0.1, 0.15) is 11.5 Å². The lowest BCUT2D eigenvalue weighted by Crippen LogP contribution is -2.23. The quantitative estimate of drug-likeness (QED) is 0.412. The molecule has 9 nitrogen and oxygen atoms in total. The maximum atomic E-state index is 13.2. The van der Waals surface area contributed by atoms with E-state index in [9.17, 15) is 14.0 Å². The number of nitrogen functional groups attached to an aromatic ring is 1. The molecule has 4 heterocycles. The van der Waals surface area contributed by atoms with Crippen molar-refractivity contribution in [3.05, 3.63) is 93.9 Å². The molecule has 0 fully saturated rings. The van der Waals surface area contributed by atoms with Crippen LogP contribution in [0.4, 0.5) is 15.9 Å². The van der Waals surface area contributed by atoms with Crippen LogP contribution in [0.3, 0.4) is 0 Å². The monoisotopic (exact) mass is 473 g/mol. The molecule has 1 aliphatic heterocycles. The largest absolute Gasteiger partial charge is 0.384 e. The molecule has 0 atom stereocenters. The van der Waals surface area contributed by atoms with Crippen molar-refractivity contribution < 1.29 is 14.0 Å². The van der Waals surface area contributed by atoms with Gasteiger partial charge in [-0.1, -0.05) is 12.1 Å². The number of carbonyl (C=O) groups is 2. The van der Waals surface area contributed by atoms with Gasteiger partial charge in [-0.25, -0.2) is 9.37 Å². The average Bonchev–Trinajstić information content (AvgIpc) is 3.37. The standard InChI is InChI=1S/C25H24FN7O2/c1-14-5-23(27)30-15(2)20(14)9-28-24(34)18-7-22-25(35)31-21-6-16(10-33-13-19(26)8-29-33)3-4-17(21)11-32(22)12-18/h3-8,12-13H,9-11H2,1-2H3,(H2,27,30)(H,28,34)(H,31,35). The van der Waals surface area contributed by atoms with Crippen molar-refractivity contribution in [2.24, 2.45) is 0 Å². The lowest BCUT2D eigenvalue weighted by molar-refractivity contribution is 0.0950. The second-order valence-electron chi connectivity index (χ2n) is 8.65. The summed E-state index contributed by atoms with van der Waals surface area (Å²) >= 11 is 0. The molecule has 2 amide bonds. The van der Waals surface area contributed by atoms with Crippen molar-refractivity contribution in [2.45, 2.75) is 33.5 Å². The van der Waals surface area contributed by atoms with Crippen LogP contribution >= 0.6 is 0 Å².